The molecule has 1 saturated carbocycles. The van der Waals surface area contributed by atoms with E-state index in [1.807, 2.05) is 0 Å². The third-order valence-electron chi connectivity index (χ3n) is 5.84. The summed E-state index contributed by atoms with van der Waals surface area (Å²) in [5, 5.41) is 3.42. The maximum Gasteiger partial charge on any atom is 0.225 e. The second-order valence-corrected chi connectivity index (χ2v) is 7.47. The van der Waals surface area contributed by atoms with Gasteiger partial charge >= 0.3 is 0 Å². The molecule has 1 aliphatic heterocycles. The molecule has 4 heteroatoms. The fourth-order valence-corrected chi connectivity index (χ4v) is 4.47. The van der Waals surface area contributed by atoms with Gasteiger partial charge in [-0.15, -0.1) is 12.4 Å². The van der Waals surface area contributed by atoms with Crippen molar-refractivity contribution in [2.75, 3.05) is 19.6 Å². The van der Waals surface area contributed by atoms with Crippen molar-refractivity contribution in [2.24, 2.45) is 5.92 Å². The second kappa shape index (κ2) is 10.2. The monoisotopic (exact) mass is 364 g/mol. The van der Waals surface area contributed by atoms with Crippen molar-refractivity contribution in [2.45, 2.75) is 63.8 Å². The van der Waals surface area contributed by atoms with Crippen LogP contribution < -0.4 is 5.32 Å². The molecule has 1 N–H and O–H groups in total. The lowest BCUT2D eigenvalue weighted by molar-refractivity contribution is -0.139. The van der Waals surface area contributed by atoms with Gasteiger partial charge in [0.05, 0.1) is 0 Å². The van der Waals surface area contributed by atoms with Crippen molar-refractivity contribution in [3.8, 4) is 0 Å². The average Bonchev–Trinajstić information content (AvgIpc) is 2.67. The van der Waals surface area contributed by atoms with E-state index in [0.717, 1.165) is 64.6 Å². The Hall–Kier alpha value is -1.06. The maximum absolute atomic E-state index is 13.1. The molecular formula is C21H33ClN2O. The Morgan fingerprint density at radius 2 is 1.68 bits per heavy atom. The number of amides is 1. The van der Waals surface area contributed by atoms with Gasteiger partial charge in [0.25, 0.3) is 0 Å². The molecule has 1 amide bonds. The third-order valence-corrected chi connectivity index (χ3v) is 5.84. The standard InChI is InChI=1S/C21H32N2O.ClH/c1-2-16-23(20-12-14-22-15-13-20)21(24)19-10-8-18(9-11-19)17-6-4-3-5-7-17;/h3-7,18-20,22H,2,8-16H2,1H3;1H. The van der Waals surface area contributed by atoms with Crippen molar-refractivity contribution in [3.63, 3.8) is 0 Å². The van der Waals surface area contributed by atoms with E-state index in [1.54, 1.807) is 0 Å². The Morgan fingerprint density at radius 3 is 2.28 bits per heavy atom. The molecule has 0 unspecified atom stereocenters. The summed E-state index contributed by atoms with van der Waals surface area (Å²) in [6.07, 6.45) is 7.73. The fraction of sp³-hybridized carbons (Fsp3) is 0.667. The summed E-state index contributed by atoms with van der Waals surface area (Å²) >= 11 is 0. The van der Waals surface area contributed by atoms with Crippen molar-refractivity contribution in [1.82, 2.24) is 10.2 Å². The third kappa shape index (κ3) is 5.21. The quantitative estimate of drug-likeness (QED) is 0.841. The molecule has 1 aliphatic carbocycles. The molecule has 25 heavy (non-hydrogen) atoms. The summed E-state index contributed by atoms with van der Waals surface area (Å²) in [6.45, 7) is 5.23. The van der Waals surface area contributed by atoms with Crippen LogP contribution in [-0.2, 0) is 4.79 Å². The van der Waals surface area contributed by atoms with Crippen LogP contribution in [0.5, 0.6) is 0 Å². The lowest BCUT2D eigenvalue weighted by atomic mass is 9.78. The molecule has 3 nitrogen and oxygen atoms in total. The molecule has 1 aromatic rings. The van der Waals surface area contributed by atoms with Crippen LogP contribution in [0.4, 0.5) is 0 Å². The number of nitrogens with zero attached hydrogens (tertiary/aromatic N) is 1. The highest BCUT2D eigenvalue weighted by Gasteiger charge is 2.33. The number of nitrogens with one attached hydrogen (secondary N) is 1. The Kier molecular flexibility index (Phi) is 8.25. The van der Waals surface area contributed by atoms with Gasteiger partial charge in [-0.3, -0.25) is 4.79 Å². The molecule has 1 saturated heterocycles. The number of benzene rings is 1. The largest absolute Gasteiger partial charge is 0.339 e. The predicted octanol–water partition coefficient (Wildman–Crippen LogP) is 4.37. The summed E-state index contributed by atoms with van der Waals surface area (Å²) in [5.41, 5.74) is 1.45. The molecular weight excluding hydrogens is 332 g/mol. The first-order chi connectivity index (χ1) is 11.8. The SMILES string of the molecule is CCCN(C(=O)C1CCC(c2ccccc2)CC1)C1CCNCC1.Cl. The van der Waals surface area contributed by atoms with E-state index in [4.69, 9.17) is 0 Å². The van der Waals surface area contributed by atoms with Gasteiger partial charge in [0.1, 0.15) is 0 Å². The zero-order valence-electron chi connectivity index (χ0n) is 15.5. The first-order valence-electron chi connectivity index (χ1n) is 9.85. The lowest BCUT2D eigenvalue weighted by Crippen LogP contribution is -2.48. The van der Waals surface area contributed by atoms with Crippen molar-refractivity contribution in [1.29, 1.82) is 0 Å². The van der Waals surface area contributed by atoms with Crippen molar-refractivity contribution in [3.05, 3.63) is 35.9 Å². The number of halogens is 1. The van der Waals surface area contributed by atoms with Crippen LogP contribution in [0.25, 0.3) is 0 Å². The highest BCUT2D eigenvalue weighted by molar-refractivity contribution is 5.85. The molecule has 0 atom stereocenters. The van der Waals surface area contributed by atoms with Gasteiger partial charge < -0.3 is 10.2 Å². The van der Waals surface area contributed by atoms with Crippen LogP contribution in [-0.4, -0.2) is 36.5 Å². The Balaban J connectivity index is 0.00000225. The van der Waals surface area contributed by atoms with E-state index in [-0.39, 0.29) is 18.3 Å². The van der Waals surface area contributed by atoms with Crippen LogP contribution in [0.3, 0.4) is 0 Å². The molecule has 1 heterocycles. The van der Waals surface area contributed by atoms with Crippen molar-refractivity contribution < 1.29 is 4.79 Å². The molecule has 0 aromatic heterocycles. The zero-order chi connectivity index (χ0) is 16.8. The molecule has 3 rings (SSSR count). The van der Waals surface area contributed by atoms with Gasteiger partial charge in [-0.1, -0.05) is 37.3 Å². The number of rotatable bonds is 5. The van der Waals surface area contributed by atoms with Crippen LogP contribution >= 0.6 is 12.4 Å². The van der Waals surface area contributed by atoms with E-state index in [0.29, 0.717) is 17.9 Å². The van der Waals surface area contributed by atoms with E-state index < -0.39 is 0 Å². The number of carbonyl (C=O) groups excluding carboxylic acids is 1. The minimum Gasteiger partial charge on any atom is -0.339 e. The Bertz CT molecular complexity index is 508. The highest BCUT2D eigenvalue weighted by atomic mass is 35.5. The van der Waals surface area contributed by atoms with Gasteiger partial charge in [0, 0.05) is 18.5 Å². The summed E-state index contributed by atoms with van der Waals surface area (Å²) in [6, 6.07) is 11.3. The van der Waals surface area contributed by atoms with Gasteiger partial charge in [-0.05, 0) is 69.5 Å². The first kappa shape index (κ1) is 20.3. The molecule has 140 valence electrons. The average molecular weight is 365 g/mol. The summed E-state index contributed by atoms with van der Waals surface area (Å²) in [7, 11) is 0. The highest BCUT2D eigenvalue weighted by Crippen LogP contribution is 2.36. The summed E-state index contributed by atoms with van der Waals surface area (Å²) in [4.78, 5) is 15.4. The topological polar surface area (TPSA) is 32.3 Å². The Morgan fingerprint density at radius 1 is 1.04 bits per heavy atom. The van der Waals surface area contributed by atoms with Gasteiger partial charge in [-0.2, -0.15) is 0 Å². The van der Waals surface area contributed by atoms with E-state index in [1.165, 1.54) is 5.56 Å². The summed E-state index contributed by atoms with van der Waals surface area (Å²) in [5.74, 6) is 1.34. The molecule has 0 spiro atoms. The normalized spacial score (nSPS) is 24.4. The van der Waals surface area contributed by atoms with Gasteiger partial charge in [0.15, 0.2) is 0 Å². The summed E-state index contributed by atoms with van der Waals surface area (Å²) < 4.78 is 0. The van der Waals surface area contributed by atoms with Crippen LogP contribution in [0, 0.1) is 5.92 Å². The van der Waals surface area contributed by atoms with Crippen LogP contribution in [0.15, 0.2) is 30.3 Å². The minimum atomic E-state index is 0. The number of carbonyl (C=O) groups is 1. The fourth-order valence-electron chi connectivity index (χ4n) is 4.47. The minimum absolute atomic E-state index is 0. The predicted molar refractivity (Wildman–Crippen MR) is 106 cm³/mol. The zero-order valence-corrected chi connectivity index (χ0v) is 16.3. The first-order valence-corrected chi connectivity index (χ1v) is 9.85. The smallest absolute Gasteiger partial charge is 0.225 e. The molecule has 0 radical (unpaired) electrons. The van der Waals surface area contributed by atoms with Crippen LogP contribution in [0.1, 0.15) is 63.4 Å². The van der Waals surface area contributed by atoms with Gasteiger partial charge in [-0.25, -0.2) is 0 Å². The van der Waals surface area contributed by atoms with E-state index >= 15 is 0 Å². The molecule has 2 fully saturated rings. The van der Waals surface area contributed by atoms with Crippen LogP contribution in [0.2, 0.25) is 0 Å². The number of hydrogen-bond donors (Lipinski definition) is 1. The lowest BCUT2D eigenvalue weighted by Gasteiger charge is -2.38. The van der Waals surface area contributed by atoms with Gasteiger partial charge in [0.2, 0.25) is 5.91 Å². The maximum atomic E-state index is 13.1. The number of piperidine rings is 1. The molecule has 0 bridgehead atoms. The Labute approximate surface area is 159 Å². The molecule has 1 aromatic carbocycles. The molecule has 2 aliphatic rings. The van der Waals surface area contributed by atoms with E-state index in [2.05, 4.69) is 47.5 Å². The van der Waals surface area contributed by atoms with E-state index in [9.17, 15) is 4.79 Å². The second-order valence-electron chi connectivity index (χ2n) is 7.47. The van der Waals surface area contributed by atoms with Crippen molar-refractivity contribution >= 4 is 18.3 Å². The number of hydrogen-bond acceptors (Lipinski definition) is 2.